The number of thioether (sulfide) groups is 1. The van der Waals surface area contributed by atoms with Crippen molar-refractivity contribution >= 4 is 23.6 Å². The van der Waals surface area contributed by atoms with Crippen molar-refractivity contribution in [3.8, 4) is 11.4 Å². The first-order valence-electron chi connectivity index (χ1n) is 8.46. The smallest absolute Gasteiger partial charge is 0.269 e. The summed E-state index contributed by atoms with van der Waals surface area (Å²) < 4.78 is 7.10. The van der Waals surface area contributed by atoms with Gasteiger partial charge in [0.05, 0.1) is 12.4 Å². The van der Waals surface area contributed by atoms with Gasteiger partial charge < -0.3 is 4.74 Å². The van der Waals surface area contributed by atoms with Crippen LogP contribution in [0.3, 0.4) is 0 Å². The van der Waals surface area contributed by atoms with Crippen molar-refractivity contribution in [2.75, 3.05) is 12.4 Å². The number of nitrogens with zero attached hydrogens (tertiary/aromatic N) is 4. The quantitative estimate of drug-likeness (QED) is 0.459. The first-order chi connectivity index (χ1) is 13.7. The van der Waals surface area contributed by atoms with Crippen molar-refractivity contribution in [2.45, 2.75) is 12.1 Å². The summed E-state index contributed by atoms with van der Waals surface area (Å²) in [7, 11) is 0. The van der Waals surface area contributed by atoms with Gasteiger partial charge in [0, 0.05) is 5.56 Å². The number of benzene rings is 2. The molecular formula is C18H18N6O3S. The zero-order chi connectivity index (χ0) is 19.8. The molecule has 28 heavy (non-hydrogen) atoms. The molecular weight excluding hydrogens is 380 g/mol. The summed E-state index contributed by atoms with van der Waals surface area (Å²) in [5.74, 6) is -0.123. The standard InChI is InChI=1S/C18H18N6O3S/c1-2-27-15-11-7-6-10-14(15)24-18(21-22-23-24)28-12-16(25)19-20-17(26)13-8-4-3-5-9-13/h3-11H,2,12H2,1H3,(H,19,25)(H,20,26). The van der Waals surface area contributed by atoms with Crippen LogP contribution in [-0.4, -0.2) is 44.4 Å². The monoisotopic (exact) mass is 398 g/mol. The van der Waals surface area contributed by atoms with Gasteiger partial charge >= 0.3 is 0 Å². The van der Waals surface area contributed by atoms with Crippen molar-refractivity contribution < 1.29 is 14.3 Å². The lowest BCUT2D eigenvalue weighted by Gasteiger charge is -2.10. The highest BCUT2D eigenvalue weighted by Crippen LogP contribution is 2.25. The molecule has 10 heteroatoms. The molecule has 3 rings (SSSR count). The van der Waals surface area contributed by atoms with Crippen molar-refractivity contribution in [1.82, 2.24) is 31.1 Å². The molecule has 0 bridgehead atoms. The Labute approximate surface area is 165 Å². The van der Waals surface area contributed by atoms with Crippen LogP contribution in [0.4, 0.5) is 0 Å². The molecule has 3 aromatic rings. The van der Waals surface area contributed by atoms with Crippen LogP contribution in [0.15, 0.2) is 59.8 Å². The van der Waals surface area contributed by atoms with E-state index in [1.165, 1.54) is 4.68 Å². The van der Waals surface area contributed by atoms with Crippen LogP contribution in [0.25, 0.3) is 5.69 Å². The molecule has 0 aliphatic carbocycles. The highest BCUT2D eigenvalue weighted by atomic mass is 32.2. The number of amides is 2. The average Bonchev–Trinajstić information content (AvgIpc) is 3.20. The molecule has 0 radical (unpaired) electrons. The molecule has 0 saturated carbocycles. The number of nitrogens with one attached hydrogen (secondary N) is 2. The Morgan fingerprint density at radius 2 is 1.82 bits per heavy atom. The molecule has 1 aromatic heterocycles. The molecule has 0 aliphatic heterocycles. The van der Waals surface area contributed by atoms with Gasteiger partial charge in [-0.15, -0.1) is 5.10 Å². The maximum absolute atomic E-state index is 12.0. The first kappa shape index (κ1) is 19.4. The minimum Gasteiger partial charge on any atom is -0.492 e. The van der Waals surface area contributed by atoms with Gasteiger partial charge in [0.15, 0.2) is 0 Å². The van der Waals surface area contributed by atoms with E-state index >= 15 is 0 Å². The lowest BCUT2D eigenvalue weighted by Crippen LogP contribution is -2.42. The second kappa shape index (κ2) is 9.51. The van der Waals surface area contributed by atoms with Crippen LogP contribution in [-0.2, 0) is 4.79 Å². The zero-order valence-electron chi connectivity index (χ0n) is 15.0. The zero-order valence-corrected chi connectivity index (χ0v) is 15.8. The third kappa shape index (κ3) is 4.86. The van der Waals surface area contributed by atoms with E-state index in [-0.39, 0.29) is 11.7 Å². The molecule has 144 valence electrons. The number of tetrazole rings is 1. The van der Waals surface area contributed by atoms with E-state index in [0.29, 0.717) is 28.8 Å². The number of hydrogen-bond acceptors (Lipinski definition) is 7. The van der Waals surface area contributed by atoms with Gasteiger partial charge in [-0.05, 0) is 41.6 Å². The third-order valence-electron chi connectivity index (χ3n) is 3.52. The normalized spacial score (nSPS) is 10.3. The van der Waals surface area contributed by atoms with Crippen molar-refractivity contribution in [2.24, 2.45) is 0 Å². The van der Waals surface area contributed by atoms with Crippen LogP contribution >= 0.6 is 11.8 Å². The number of carbonyl (C=O) groups is 2. The lowest BCUT2D eigenvalue weighted by molar-refractivity contribution is -0.119. The summed E-state index contributed by atoms with van der Waals surface area (Å²) in [6.45, 7) is 2.39. The Hall–Kier alpha value is -3.40. The molecule has 9 nitrogen and oxygen atoms in total. The number of hydrogen-bond donors (Lipinski definition) is 2. The van der Waals surface area contributed by atoms with Crippen LogP contribution in [0.2, 0.25) is 0 Å². The summed E-state index contributed by atoms with van der Waals surface area (Å²) in [6, 6.07) is 15.9. The maximum atomic E-state index is 12.0. The van der Waals surface area contributed by atoms with Crippen LogP contribution in [0, 0.1) is 0 Å². The van der Waals surface area contributed by atoms with E-state index in [9.17, 15) is 9.59 Å². The summed E-state index contributed by atoms with van der Waals surface area (Å²) in [5, 5.41) is 12.0. The maximum Gasteiger partial charge on any atom is 0.269 e. The van der Waals surface area contributed by atoms with E-state index in [1.807, 2.05) is 31.2 Å². The fourth-order valence-corrected chi connectivity index (χ4v) is 2.97. The van der Waals surface area contributed by atoms with Crippen molar-refractivity contribution in [3.63, 3.8) is 0 Å². The number of aromatic nitrogens is 4. The van der Waals surface area contributed by atoms with Crippen LogP contribution in [0.5, 0.6) is 5.75 Å². The van der Waals surface area contributed by atoms with Gasteiger partial charge in [-0.2, -0.15) is 4.68 Å². The van der Waals surface area contributed by atoms with Gasteiger partial charge in [-0.3, -0.25) is 20.4 Å². The highest BCUT2D eigenvalue weighted by molar-refractivity contribution is 7.99. The SMILES string of the molecule is CCOc1ccccc1-n1nnnc1SCC(=O)NNC(=O)c1ccccc1. The van der Waals surface area contributed by atoms with Crippen molar-refractivity contribution in [3.05, 3.63) is 60.2 Å². The highest BCUT2D eigenvalue weighted by Gasteiger charge is 2.15. The molecule has 1 heterocycles. The predicted octanol–water partition coefficient (Wildman–Crippen LogP) is 1.61. The Morgan fingerprint density at radius 3 is 2.61 bits per heavy atom. The number of para-hydroxylation sites is 2. The number of carbonyl (C=O) groups excluding carboxylic acids is 2. The summed E-state index contributed by atoms with van der Waals surface area (Å²) in [5.41, 5.74) is 5.87. The second-order valence-electron chi connectivity index (χ2n) is 5.43. The molecule has 2 N–H and O–H groups in total. The van der Waals surface area contributed by atoms with Crippen molar-refractivity contribution in [1.29, 1.82) is 0 Å². The molecule has 0 aliphatic rings. The topological polar surface area (TPSA) is 111 Å². The van der Waals surface area contributed by atoms with Gasteiger partial charge in [-0.25, -0.2) is 0 Å². The summed E-state index contributed by atoms with van der Waals surface area (Å²) in [6.07, 6.45) is 0. The van der Waals surface area contributed by atoms with Gasteiger partial charge in [-0.1, -0.05) is 42.1 Å². The number of rotatable bonds is 7. The molecule has 0 saturated heterocycles. The van der Waals surface area contributed by atoms with Gasteiger partial charge in [0.2, 0.25) is 11.1 Å². The fraction of sp³-hybridized carbons (Fsp3) is 0.167. The largest absolute Gasteiger partial charge is 0.492 e. The van der Waals surface area contributed by atoms with E-state index in [0.717, 1.165) is 11.8 Å². The first-order valence-corrected chi connectivity index (χ1v) is 9.45. The summed E-state index contributed by atoms with van der Waals surface area (Å²) >= 11 is 1.14. The molecule has 0 atom stereocenters. The fourth-order valence-electron chi connectivity index (χ4n) is 2.28. The molecule has 2 amide bonds. The van der Waals surface area contributed by atoms with E-state index in [1.54, 1.807) is 30.3 Å². The van der Waals surface area contributed by atoms with Gasteiger partial charge in [0.25, 0.3) is 5.91 Å². The number of ether oxygens (including phenoxy) is 1. The summed E-state index contributed by atoms with van der Waals surface area (Å²) in [4.78, 5) is 24.0. The molecule has 0 spiro atoms. The third-order valence-corrected chi connectivity index (χ3v) is 4.44. The van der Waals surface area contributed by atoms with Crippen LogP contribution < -0.4 is 15.6 Å². The van der Waals surface area contributed by atoms with E-state index in [4.69, 9.17) is 4.74 Å². The Morgan fingerprint density at radius 1 is 1.07 bits per heavy atom. The Bertz CT molecular complexity index is 947. The van der Waals surface area contributed by atoms with E-state index in [2.05, 4.69) is 26.4 Å². The van der Waals surface area contributed by atoms with Crippen LogP contribution in [0.1, 0.15) is 17.3 Å². The van der Waals surface area contributed by atoms with E-state index < -0.39 is 5.91 Å². The molecule has 0 unspecified atom stereocenters. The lowest BCUT2D eigenvalue weighted by atomic mass is 10.2. The second-order valence-corrected chi connectivity index (χ2v) is 6.37. The Balaban J connectivity index is 1.58. The Kier molecular flexibility index (Phi) is 6.58. The average molecular weight is 398 g/mol. The molecule has 2 aromatic carbocycles. The predicted molar refractivity (Wildman–Crippen MR) is 103 cm³/mol. The van der Waals surface area contributed by atoms with Gasteiger partial charge in [0.1, 0.15) is 11.4 Å². The number of hydrazine groups is 1. The minimum atomic E-state index is -0.394. The molecule has 0 fully saturated rings. The minimum absolute atomic E-state index is 0.0201.